The van der Waals surface area contributed by atoms with Crippen LogP contribution in [0, 0.1) is 0 Å². The molecule has 0 saturated carbocycles. The van der Waals surface area contributed by atoms with Crippen LogP contribution < -0.4 is 5.32 Å². The summed E-state index contributed by atoms with van der Waals surface area (Å²) in [7, 11) is 1.99. The average molecular weight is 326 g/mol. The largest absolute Gasteiger partial charge is 0.307 e. The number of aromatic nitrogens is 4. The van der Waals surface area contributed by atoms with E-state index in [1.165, 1.54) is 5.69 Å². The first kappa shape index (κ1) is 14.3. The predicted molar refractivity (Wildman–Crippen MR) is 78.8 cm³/mol. The molecule has 0 aliphatic rings. The zero-order valence-corrected chi connectivity index (χ0v) is 13.2. The van der Waals surface area contributed by atoms with E-state index in [1.807, 2.05) is 28.7 Å². The molecule has 1 N–H and O–H groups in total. The Morgan fingerprint density at radius 1 is 1.47 bits per heavy atom. The van der Waals surface area contributed by atoms with E-state index in [4.69, 9.17) is 0 Å². The molecular formula is C13H20BrN5. The van der Waals surface area contributed by atoms with Crippen LogP contribution in [-0.2, 0) is 26.6 Å². The maximum atomic E-state index is 4.49. The van der Waals surface area contributed by atoms with Crippen LogP contribution in [0.2, 0.25) is 0 Å². The molecule has 2 aromatic rings. The van der Waals surface area contributed by atoms with Crippen LogP contribution in [0.4, 0.5) is 0 Å². The Labute approximate surface area is 122 Å². The van der Waals surface area contributed by atoms with Crippen LogP contribution in [0.3, 0.4) is 0 Å². The molecule has 1 atom stereocenters. The molecule has 0 saturated heterocycles. The number of nitrogens with zero attached hydrogens (tertiary/aromatic N) is 4. The molecule has 0 fully saturated rings. The molecule has 6 heteroatoms. The summed E-state index contributed by atoms with van der Waals surface area (Å²) in [5.74, 6) is 0. The molecule has 0 radical (unpaired) electrons. The summed E-state index contributed by atoms with van der Waals surface area (Å²) in [5.41, 5.74) is 2.29. The number of nitrogens with one attached hydrogen (secondary N) is 1. The van der Waals surface area contributed by atoms with Crippen LogP contribution in [-0.4, -0.2) is 25.6 Å². The Morgan fingerprint density at radius 3 is 2.84 bits per heavy atom. The summed E-state index contributed by atoms with van der Waals surface area (Å²) in [6.45, 7) is 5.94. The normalized spacial score (nSPS) is 12.8. The molecule has 1 unspecified atom stereocenters. The van der Waals surface area contributed by atoms with E-state index in [-0.39, 0.29) is 0 Å². The lowest BCUT2D eigenvalue weighted by Crippen LogP contribution is -2.30. The van der Waals surface area contributed by atoms with E-state index < -0.39 is 0 Å². The van der Waals surface area contributed by atoms with Crippen molar-refractivity contribution in [3.05, 3.63) is 34.3 Å². The lowest BCUT2D eigenvalue weighted by Gasteiger charge is -2.14. The van der Waals surface area contributed by atoms with Gasteiger partial charge in [0.25, 0.3) is 0 Å². The summed E-state index contributed by atoms with van der Waals surface area (Å²) in [4.78, 5) is 0. The van der Waals surface area contributed by atoms with Gasteiger partial charge in [-0.05, 0) is 35.3 Å². The average Bonchev–Trinajstić information content (AvgIpc) is 2.96. The minimum atomic E-state index is 0.353. The van der Waals surface area contributed by atoms with Gasteiger partial charge in [-0.15, -0.1) is 0 Å². The first-order valence-electron chi connectivity index (χ1n) is 6.52. The van der Waals surface area contributed by atoms with Crippen molar-refractivity contribution in [3.8, 4) is 0 Å². The maximum absolute atomic E-state index is 4.49. The third-order valence-corrected chi connectivity index (χ3v) is 4.06. The second-order valence-corrected chi connectivity index (χ2v) is 5.49. The summed E-state index contributed by atoms with van der Waals surface area (Å²) < 4.78 is 5.00. The van der Waals surface area contributed by atoms with Crippen molar-refractivity contribution in [2.45, 2.75) is 39.4 Å². The van der Waals surface area contributed by atoms with Gasteiger partial charge in [0, 0.05) is 32.0 Å². The fraction of sp³-hybridized carbons (Fsp3) is 0.538. The van der Waals surface area contributed by atoms with Crippen molar-refractivity contribution in [2.75, 3.05) is 0 Å². The molecule has 0 aromatic carbocycles. The summed E-state index contributed by atoms with van der Waals surface area (Å²) in [6, 6.07) is 2.30. The topological polar surface area (TPSA) is 47.7 Å². The van der Waals surface area contributed by atoms with Crippen molar-refractivity contribution in [1.29, 1.82) is 0 Å². The summed E-state index contributed by atoms with van der Waals surface area (Å²) in [6.07, 6.45) is 4.72. The fourth-order valence-electron chi connectivity index (χ4n) is 2.04. The Hall–Kier alpha value is -1.14. The number of hydrogen-bond acceptors (Lipinski definition) is 3. The molecule has 104 valence electrons. The van der Waals surface area contributed by atoms with Gasteiger partial charge in [0.05, 0.1) is 22.4 Å². The summed E-state index contributed by atoms with van der Waals surface area (Å²) >= 11 is 3.63. The van der Waals surface area contributed by atoms with Crippen LogP contribution in [0.1, 0.15) is 25.2 Å². The van der Waals surface area contributed by atoms with Crippen LogP contribution in [0.5, 0.6) is 0 Å². The predicted octanol–water partition coefficient (Wildman–Crippen LogP) is 2.12. The third kappa shape index (κ3) is 3.45. The van der Waals surface area contributed by atoms with Gasteiger partial charge in [0.2, 0.25) is 0 Å². The molecular weight excluding hydrogens is 306 g/mol. The molecule has 2 aromatic heterocycles. The highest BCUT2D eigenvalue weighted by atomic mass is 79.9. The first-order valence-corrected chi connectivity index (χ1v) is 7.32. The lowest BCUT2D eigenvalue weighted by atomic mass is 10.3. The Bertz CT molecular complexity index is 517. The highest BCUT2D eigenvalue weighted by Gasteiger charge is 2.13. The van der Waals surface area contributed by atoms with Crippen molar-refractivity contribution < 1.29 is 0 Å². The third-order valence-electron chi connectivity index (χ3n) is 3.14. The molecule has 2 rings (SSSR count). The zero-order chi connectivity index (χ0) is 13.8. The monoisotopic (exact) mass is 325 g/mol. The van der Waals surface area contributed by atoms with E-state index in [2.05, 4.69) is 45.3 Å². The van der Waals surface area contributed by atoms with Gasteiger partial charge >= 0.3 is 0 Å². The Kier molecular flexibility index (Phi) is 4.76. The zero-order valence-electron chi connectivity index (χ0n) is 11.6. The Morgan fingerprint density at radius 2 is 2.26 bits per heavy atom. The molecule has 0 aliphatic heterocycles. The Balaban J connectivity index is 1.93. The molecule has 0 aliphatic carbocycles. The number of halogens is 1. The van der Waals surface area contributed by atoms with E-state index in [0.29, 0.717) is 6.04 Å². The molecule has 2 heterocycles. The minimum Gasteiger partial charge on any atom is -0.307 e. The van der Waals surface area contributed by atoms with Crippen LogP contribution in [0.15, 0.2) is 22.9 Å². The van der Waals surface area contributed by atoms with Gasteiger partial charge in [0.15, 0.2) is 0 Å². The van der Waals surface area contributed by atoms with Gasteiger partial charge < -0.3 is 5.32 Å². The van der Waals surface area contributed by atoms with Crippen molar-refractivity contribution in [3.63, 3.8) is 0 Å². The molecule has 19 heavy (non-hydrogen) atoms. The smallest absolute Gasteiger partial charge is 0.0767 e. The first-order chi connectivity index (χ1) is 9.11. The molecule has 5 nitrogen and oxygen atoms in total. The van der Waals surface area contributed by atoms with Crippen LogP contribution in [0.25, 0.3) is 0 Å². The SMILES string of the molecule is CCc1nn(C)c(CNC(C)Cn2cccn2)c1Br. The van der Waals surface area contributed by atoms with Crippen molar-refractivity contribution >= 4 is 15.9 Å². The maximum Gasteiger partial charge on any atom is 0.0767 e. The second-order valence-electron chi connectivity index (χ2n) is 4.69. The molecule has 0 amide bonds. The fourth-order valence-corrected chi connectivity index (χ4v) is 2.79. The number of hydrogen-bond donors (Lipinski definition) is 1. The number of aryl methyl sites for hydroxylation is 2. The second kappa shape index (κ2) is 6.34. The van der Waals surface area contributed by atoms with Crippen LogP contribution >= 0.6 is 15.9 Å². The van der Waals surface area contributed by atoms with E-state index in [9.17, 15) is 0 Å². The van der Waals surface area contributed by atoms with E-state index in [1.54, 1.807) is 6.20 Å². The number of rotatable bonds is 6. The standard InChI is InChI=1S/C13H20BrN5/c1-4-11-13(14)12(18(3)17-11)8-15-10(2)9-19-7-5-6-16-19/h5-7,10,15H,4,8-9H2,1-3H3. The van der Waals surface area contributed by atoms with Gasteiger partial charge in [-0.3, -0.25) is 9.36 Å². The quantitative estimate of drug-likeness (QED) is 0.885. The van der Waals surface area contributed by atoms with E-state index in [0.717, 1.165) is 29.7 Å². The highest BCUT2D eigenvalue weighted by Crippen LogP contribution is 2.21. The van der Waals surface area contributed by atoms with E-state index >= 15 is 0 Å². The van der Waals surface area contributed by atoms with Gasteiger partial charge in [-0.2, -0.15) is 10.2 Å². The summed E-state index contributed by atoms with van der Waals surface area (Å²) in [5, 5.41) is 12.2. The van der Waals surface area contributed by atoms with Gasteiger partial charge in [-0.25, -0.2) is 0 Å². The van der Waals surface area contributed by atoms with Crippen molar-refractivity contribution in [1.82, 2.24) is 24.9 Å². The van der Waals surface area contributed by atoms with Gasteiger partial charge in [-0.1, -0.05) is 6.92 Å². The minimum absolute atomic E-state index is 0.353. The lowest BCUT2D eigenvalue weighted by molar-refractivity contribution is 0.443. The highest BCUT2D eigenvalue weighted by molar-refractivity contribution is 9.10. The molecule has 0 bridgehead atoms. The molecule has 0 spiro atoms. The van der Waals surface area contributed by atoms with Gasteiger partial charge in [0.1, 0.15) is 0 Å². The van der Waals surface area contributed by atoms with Crippen molar-refractivity contribution in [2.24, 2.45) is 7.05 Å².